The molecule has 1 aromatic carbocycles. The van der Waals surface area contributed by atoms with E-state index in [1.165, 1.54) is 12.1 Å². The molecule has 0 radical (unpaired) electrons. The highest BCUT2D eigenvalue weighted by molar-refractivity contribution is 5.75. The van der Waals surface area contributed by atoms with E-state index in [1.54, 1.807) is 0 Å². The van der Waals surface area contributed by atoms with Gasteiger partial charge in [-0.05, 0) is 0 Å². The van der Waals surface area contributed by atoms with Crippen molar-refractivity contribution in [1.82, 2.24) is 0 Å². The number of benzene rings is 1. The fourth-order valence-corrected chi connectivity index (χ4v) is 1.29. The van der Waals surface area contributed by atoms with Gasteiger partial charge < -0.3 is 11.5 Å². The summed E-state index contributed by atoms with van der Waals surface area (Å²) in [6.45, 7) is 0. The van der Waals surface area contributed by atoms with Crippen LogP contribution in [0.3, 0.4) is 0 Å². The number of nitrogen functional groups attached to an aromatic ring is 2. The van der Waals surface area contributed by atoms with Crippen molar-refractivity contribution in [2.75, 3.05) is 11.5 Å². The van der Waals surface area contributed by atoms with Gasteiger partial charge in [0.25, 0.3) is 0 Å². The zero-order valence-electron chi connectivity index (χ0n) is 8.06. The van der Waals surface area contributed by atoms with Crippen molar-refractivity contribution in [3.8, 4) is 12.1 Å². The third-order valence-electron chi connectivity index (χ3n) is 2.02. The predicted octanol–water partition coefficient (Wildman–Crippen LogP) is 1.75. The number of hydrogen-bond donors (Lipinski definition) is 2. The Morgan fingerprint density at radius 3 is 1.76 bits per heavy atom. The van der Waals surface area contributed by atoms with Crippen LogP contribution >= 0.6 is 0 Å². The van der Waals surface area contributed by atoms with Crippen LogP contribution in [-0.4, -0.2) is 0 Å². The van der Waals surface area contributed by atoms with Gasteiger partial charge in [-0.1, -0.05) is 0 Å². The fraction of sp³-hybridized carbons (Fsp3) is 0.111. The molecule has 17 heavy (non-hydrogen) atoms. The maximum atomic E-state index is 13.4. The molecule has 4 nitrogen and oxygen atoms in total. The number of hydrogen-bond acceptors (Lipinski definition) is 4. The van der Waals surface area contributed by atoms with Gasteiger partial charge >= 0.3 is 6.18 Å². The predicted molar refractivity (Wildman–Crippen MR) is 49.7 cm³/mol. The highest BCUT2D eigenvalue weighted by atomic mass is 19.4. The summed E-state index contributed by atoms with van der Waals surface area (Å²) in [5.74, 6) is -1.59. The summed E-state index contributed by atoms with van der Waals surface area (Å²) in [5.41, 5.74) is 4.29. The topological polar surface area (TPSA) is 99.6 Å². The van der Waals surface area contributed by atoms with Crippen molar-refractivity contribution in [2.45, 2.75) is 6.18 Å². The van der Waals surface area contributed by atoms with E-state index in [0.29, 0.717) is 0 Å². The van der Waals surface area contributed by atoms with E-state index in [1.807, 2.05) is 0 Å². The molecule has 0 amide bonds. The van der Waals surface area contributed by atoms with E-state index in [2.05, 4.69) is 0 Å². The Labute approximate surface area is 92.7 Å². The summed E-state index contributed by atoms with van der Waals surface area (Å²) < 4.78 is 50.9. The quantitative estimate of drug-likeness (QED) is 0.536. The molecule has 0 aliphatic carbocycles. The Morgan fingerprint density at radius 1 is 0.941 bits per heavy atom. The SMILES string of the molecule is N#Cc1c(N)c(C(F)(F)F)c(N)c(F)c1C#N. The van der Waals surface area contributed by atoms with Gasteiger partial charge in [0.15, 0.2) is 5.82 Å². The van der Waals surface area contributed by atoms with Gasteiger partial charge in [0.1, 0.15) is 23.3 Å². The molecule has 0 heterocycles. The highest BCUT2D eigenvalue weighted by Crippen LogP contribution is 2.41. The molecule has 0 bridgehead atoms. The maximum absolute atomic E-state index is 13.4. The van der Waals surface area contributed by atoms with Crippen LogP contribution in [0.25, 0.3) is 0 Å². The van der Waals surface area contributed by atoms with Gasteiger partial charge in [0, 0.05) is 0 Å². The van der Waals surface area contributed by atoms with Crippen molar-refractivity contribution in [3.63, 3.8) is 0 Å². The second kappa shape index (κ2) is 3.83. The van der Waals surface area contributed by atoms with Gasteiger partial charge in [-0.25, -0.2) is 4.39 Å². The molecule has 8 heteroatoms. The molecular formula is C9H4F4N4. The number of alkyl halides is 3. The number of halogens is 4. The summed E-state index contributed by atoms with van der Waals surface area (Å²) >= 11 is 0. The third-order valence-corrected chi connectivity index (χ3v) is 2.02. The number of nitrogens with zero attached hydrogens (tertiary/aromatic N) is 2. The molecule has 88 valence electrons. The van der Waals surface area contributed by atoms with Gasteiger partial charge in [0.2, 0.25) is 0 Å². The van der Waals surface area contributed by atoms with Crippen molar-refractivity contribution in [1.29, 1.82) is 10.5 Å². The highest BCUT2D eigenvalue weighted by Gasteiger charge is 2.39. The molecule has 0 aliphatic heterocycles. The van der Waals surface area contributed by atoms with Crippen LogP contribution in [0.5, 0.6) is 0 Å². The minimum atomic E-state index is -5.01. The molecule has 0 unspecified atom stereocenters. The van der Waals surface area contributed by atoms with Gasteiger partial charge in [0.05, 0.1) is 16.9 Å². The Balaban J connectivity index is 3.88. The lowest BCUT2D eigenvalue weighted by atomic mass is 9.99. The summed E-state index contributed by atoms with van der Waals surface area (Å²) in [6, 6.07) is 2.50. The first-order valence-electron chi connectivity index (χ1n) is 4.03. The maximum Gasteiger partial charge on any atom is 0.420 e. The van der Waals surface area contributed by atoms with Crippen LogP contribution < -0.4 is 11.5 Å². The molecule has 0 atom stereocenters. The molecule has 0 aromatic heterocycles. The van der Waals surface area contributed by atoms with Gasteiger partial charge in [-0.2, -0.15) is 23.7 Å². The van der Waals surface area contributed by atoms with Crippen LogP contribution in [0.4, 0.5) is 28.9 Å². The standard InChI is InChI=1S/C9H4F4N4/c10-6-3(1-14)4(2-15)7(16)5(8(6)17)9(11,12)13/h16-17H2. The van der Waals surface area contributed by atoms with E-state index in [9.17, 15) is 17.6 Å². The first-order valence-corrected chi connectivity index (χ1v) is 4.03. The van der Waals surface area contributed by atoms with Crippen molar-refractivity contribution < 1.29 is 17.6 Å². The minimum Gasteiger partial charge on any atom is -0.397 e. The zero-order chi connectivity index (χ0) is 13.4. The first kappa shape index (κ1) is 12.6. The summed E-state index contributed by atoms with van der Waals surface area (Å²) in [4.78, 5) is 0. The third kappa shape index (κ3) is 1.81. The van der Waals surface area contributed by atoms with E-state index < -0.39 is 40.1 Å². The lowest BCUT2D eigenvalue weighted by molar-refractivity contribution is -0.136. The Hall–Kier alpha value is -2.48. The monoisotopic (exact) mass is 244 g/mol. The van der Waals surface area contributed by atoms with Crippen molar-refractivity contribution in [2.24, 2.45) is 0 Å². The van der Waals surface area contributed by atoms with E-state index in [4.69, 9.17) is 22.0 Å². The summed E-state index contributed by atoms with van der Waals surface area (Å²) in [6.07, 6.45) is -5.01. The zero-order valence-corrected chi connectivity index (χ0v) is 8.06. The van der Waals surface area contributed by atoms with Crippen LogP contribution in [0.15, 0.2) is 0 Å². The summed E-state index contributed by atoms with van der Waals surface area (Å²) in [7, 11) is 0. The van der Waals surface area contributed by atoms with Crippen LogP contribution in [0, 0.1) is 28.5 Å². The first-order chi connectivity index (χ1) is 7.75. The van der Waals surface area contributed by atoms with Gasteiger partial charge in [-0.3, -0.25) is 0 Å². The fourth-order valence-electron chi connectivity index (χ4n) is 1.29. The lowest BCUT2D eigenvalue weighted by Crippen LogP contribution is -2.16. The normalized spacial score (nSPS) is 10.7. The molecule has 4 N–H and O–H groups in total. The van der Waals surface area contributed by atoms with E-state index >= 15 is 0 Å². The summed E-state index contributed by atoms with van der Waals surface area (Å²) in [5, 5.41) is 17.1. The van der Waals surface area contributed by atoms with Crippen molar-refractivity contribution in [3.05, 3.63) is 22.5 Å². The molecule has 0 aliphatic rings. The lowest BCUT2D eigenvalue weighted by Gasteiger charge is -2.15. The van der Waals surface area contributed by atoms with E-state index in [-0.39, 0.29) is 0 Å². The average Bonchev–Trinajstić information content (AvgIpc) is 2.21. The Kier molecular flexibility index (Phi) is 2.84. The number of nitrogens with two attached hydrogens (primary N) is 2. The second-order valence-electron chi connectivity index (χ2n) is 2.99. The van der Waals surface area contributed by atoms with Gasteiger partial charge in [-0.15, -0.1) is 0 Å². The Morgan fingerprint density at radius 2 is 1.41 bits per heavy atom. The Bertz CT molecular complexity index is 563. The van der Waals surface area contributed by atoms with Crippen LogP contribution in [0.2, 0.25) is 0 Å². The van der Waals surface area contributed by atoms with Crippen LogP contribution in [0.1, 0.15) is 16.7 Å². The van der Waals surface area contributed by atoms with Crippen LogP contribution in [-0.2, 0) is 6.18 Å². The van der Waals surface area contributed by atoms with E-state index in [0.717, 1.165) is 0 Å². The molecular weight excluding hydrogens is 240 g/mol. The number of rotatable bonds is 0. The molecule has 0 spiro atoms. The van der Waals surface area contributed by atoms with Crippen molar-refractivity contribution >= 4 is 11.4 Å². The molecule has 1 rings (SSSR count). The largest absolute Gasteiger partial charge is 0.420 e. The smallest absolute Gasteiger partial charge is 0.397 e. The number of anilines is 2. The average molecular weight is 244 g/mol. The molecule has 0 fully saturated rings. The molecule has 1 aromatic rings. The molecule has 0 saturated heterocycles. The minimum absolute atomic E-state index is 0.869. The molecule has 0 saturated carbocycles. The second-order valence-corrected chi connectivity index (χ2v) is 2.99. The number of nitriles is 2.